The van der Waals surface area contributed by atoms with Gasteiger partial charge in [-0.05, 0) is 30.5 Å². The van der Waals surface area contributed by atoms with Crippen LogP contribution in [-0.2, 0) is 11.2 Å². The minimum absolute atomic E-state index is 0.0573. The first-order chi connectivity index (χ1) is 9.13. The van der Waals surface area contributed by atoms with Crippen LogP contribution in [0.25, 0.3) is 0 Å². The maximum Gasteiger partial charge on any atom is 0.317 e. The Hall–Kier alpha value is -1.26. The van der Waals surface area contributed by atoms with Gasteiger partial charge in [-0.15, -0.1) is 0 Å². The maximum atomic E-state index is 11.7. The number of carbonyl (C=O) groups is 1. The summed E-state index contributed by atoms with van der Waals surface area (Å²) >= 11 is 5.90. The summed E-state index contributed by atoms with van der Waals surface area (Å²) in [4.78, 5) is 13.4. The van der Waals surface area contributed by atoms with Crippen LogP contribution in [0.3, 0.4) is 0 Å². The van der Waals surface area contributed by atoms with Gasteiger partial charge in [0.1, 0.15) is 0 Å². The van der Waals surface area contributed by atoms with E-state index >= 15 is 0 Å². The van der Waals surface area contributed by atoms with Crippen LogP contribution in [0, 0.1) is 0 Å². The summed E-state index contributed by atoms with van der Waals surface area (Å²) in [5.74, 6) is 0. The molecule has 0 atom stereocenters. The van der Waals surface area contributed by atoms with Crippen molar-refractivity contribution in [1.29, 1.82) is 0 Å². The van der Waals surface area contributed by atoms with Crippen molar-refractivity contribution >= 4 is 17.6 Å². The number of halogens is 1. The lowest BCUT2D eigenvalue weighted by molar-refractivity contribution is 0.175. The van der Waals surface area contributed by atoms with Gasteiger partial charge in [0.05, 0.1) is 0 Å². The van der Waals surface area contributed by atoms with Gasteiger partial charge in [0.2, 0.25) is 0 Å². The molecule has 1 rings (SSSR count). The number of ether oxygens (including phenoxy) is 1. The highest BCUT2D eigenvalue weighted by Crippen LogP contribution is 2.10. The Bertz CT molecular complexity index is 399. The van der Waals surface area contributed by atoms with Gasteiger partial charge in [-0.3, -0.25) is 0 Å². The highest BCUT2D eigenvalue weighted by atomic mass is 35.5. The smallest absolute Gasteiger partial charge is 0.317 e. The second kappa shape index (κ2) is 8.77. The molecule has 0 saturated heterocycles. The molecule has 0 spiro atoms. The third-order valence-electron chi connectivity index (χ3n) is 2.77. The van der Waals surface area contributed by atoms with Crippen molar-refractivity contribution in [2.75, 3.05) is 33.9 Å². The molecular formula is C14H21ClN2O2. The second-order valence-electron chi connectivity index (χ2n) is 4.38. The third-order valence-corrected chi connectivity index (χ3v) is 3.00. The van der Waals surface area contributed by atoms with Crippen LogP contribution in [-0.4, -0.2) is 44.8 Å². The van der Waals surface area contributed by atoms with Crippen LogP contribution >= 0.6 is 11.6 Å². The number of methoxy groups -OCH3 is 1. The van der Waals surface area contributed by atoms with Gasteiger partial charge in [0.25, 0.3) is 0 Å². The molecule has 0 radical (unpaired) electrons. The fraction of sp³-hybridized carbons (Fsp3) is 0.500. The molecule has 0 unspecified atom stereocenters. The Morgan fingerprint density at radius 3 is 2.95 bits per heavy atom. The molecule has 0 aliphatic heterocycles. The van der Waals surface area contributed by atoms with Crippen LogP contribution in [0.5, 0.6) is 0 Å². The zero-order chi connectivity index (χ0) is 14.1. The average Bonchev–Trinajstić information content (AvgIpc) is 2.39. The summed E-state index contributed by atoms with van der Waals surface area (Å²) in [6.07, 6.45) is 1.62. The van der Waals surface area contributed by atoms with E-state index in [9.17, 15) is 4.79 Å². The van der Waals surface area contributed by atoms with Gasteiger partial charge in [-0.1, -0.05) is 23.7 Å². The van der Waals surface area contributed by atoms with E-state index in [0.29, 0.717) is 19.7 Å². The summed E-state index contributed by atoms with van der Waals surface area (Å²) in [5, 5.41) is 3.60. The number of urea groups is 1. The lowest BCUT2D eigenvalue weighted by atomic mass is 10.1. The standard InChI is InChI=1S/C14H21ClN2O2/c1-17(9-4-10-19-2)14(18)16-8-7-12-5-3-6-13(15)11-12/h3,5-6,11H,4,7-10H2,1-2H3,(H,16,18). The van der Waals surface area contributed by atoms with Crippen LogP contribution in [0.2, 0.25) is 5.02 Å². The molecule has 2 amide bonds. The van der Waals surface area contributed by atoms with Gasteiger partial charge in [-0.2, -0.15) is 0 Å². The SMILES string of the molecule is COCCCN(C)C(=O)NCCc1cccc(Cl)c1. The van der Waals surface area contributed by atoms with Gasteiger partial charge >= 0.3 is 6.03 Å². The van der Waals surface area contributed by atoms with Gasteiger partial charge in [-0.25, -0.2) is 4.79 Å². The van der Waals surface area contributed by atoms with E-state index in [1.54, 1.807) is 19.1 Å². The largest absolute Gasteiger partial charge is 0.385 e. The van der Waals surface area contributed by atoms with Crippen LogP contribution in [0.15, 0.2) is 24.3 Å². The second-order valence-corrected chi connectivity index (χ2v) is 4.82. The molecule has 0 bridgehead atoms. The summed E-state index contributed by atoms with van der Waals surface area (Å²) in [6.45, 7) is 1.96. The average molecular weight is 285 g/mol. The molecule has 0 heterocycles. The Labute approximate surface area is 119 Å². The number of benzene rings is 1. The fourth-order valence-corrected chi connectivity index (χ4v) is 1.90. The zero-order valence-electron chi connectivity index (χ0n) is 11.5. The molecular weight excluding hydrogens is 264 g/mol. The first-order valence-electron chi connectivity index (χ1n) is 6.36. The Kier molecular flexibility index (Phi) is 7.30. The van der Waals surface area contributed by atoms with Crippen LogP contribution in [0.4, 0.5) is 4.79 Å². The van der Waals surface area contributed by atoms with Gasteiger partial charge < -0.3 is 15.0 Å². The summed E-state index contributed by atoms with van der Waals surface area (Å²) in [6, 6.07) is 7.61. The highest BCUT2D eigenvalue weighted by molar-refractivity contribution is 6.30. The molecule has 106 valence electrons. The predicted molar refractivity (Wildman–Crippen MR) is 77.7 cm³/mol. The fourth-order valence-electron chi connectivity index (χ4n) is 1.69. The normalized spacial score (nSPS) is 10.3. The predicted octanol–water partition coefficient (Wildman–Crippen LogP) is 2.56. The van der Waals surface area contributed by atoms with Crippen molar-refractivity contribution < 1.29 is 9.53 Å². The summed E-state index contributed by atoms with van der Waals surface area (Å²) in [5.41, 5.74) is 1.12. The number of nitrogens with one attached hydrogen (secondary N) is 1. The molecule has 0 aromatic heterocycles. The van der Waals surface area contributed by atoms with Crippen LogP contribution < -0.4 is 5.32 Å². The molecule has 0 fully saturated rings. The monoisotopic (exact) mass is 284 g/mol. The zero-order valence-corrected chi connectivity index (χ0v) is 12.2. The third kappa shape index (κ3) is 6.45. The molecule has 0 aliphatic carbocycles. The molecule has 1 aromatic rings. The Morgan fingerprint density at radius 2 is 2.26 bits per heavy atom. The van der Waals surface area contributed by atoms with Crippen molar-refractivity contribution in [2.24, 2.45) is 0 Å². The van der Waals surface area contributed by atoms with E-state index in [1.165, 1.54) is 0 Å². The quantitative estimate of drug-likeness (QED) is 0.782. The van der Waals surface area contributed by atoms with Crippen molar-refractivity contribution in [3.63, 3.8) is 0 Å². The van der Waals surface area contributed by atoms with E-state index in [4.69, 9.17) is 16.3 Å². The van der Waals surface area contributed by atoms with Crippen molar-refractivity contribution in [2.45, 2.75) is 12.8 Å². The molecule has 5 heteroatoms. The molecule has 0 aliphatic rings. The van der Waals surface area contributed by atoms with Crippen LogP contribution in [0.1, 0.15) is 12.0 Å². The molecule has 19 heavy (non-hydrogen) atoms. The number of rotatable bonds is 7. The lowest BCUT2D eigenvalue weighted by Gasteiger charge is -2.17. The van der Waals surface area contributed by atoms with E-state index in [-0.39, 0.29) is 6.03 Å². The first kappa shape index (κ1) is 15.8. The summed E-state index contributed by atoms with van der Waals surface area (Å²) in [7, 11) is 3.44. The maximum absolute atomic E-state index is 11.7. The molecule has 1 N–H and O–H groups in total. The van der Waals surface area contributed by atoms with E-state index in [0.717, 1.165) is 23.4 Å². The molecule has 4 nitrogen and oxygen atoms in total. The molecule has 1 aromatic carbocycles. The Morgan fingerprint density at radius 1 is 1.47 bits per heavy atom. The number of nitrogens with zero attached hydrogens (tertiary/aromatic N) is 1. The number of amides is 2. The minimum atomic E-state index is -0.0573. The number of hydrogen-bond acceptors (Lipinski definition) is 2. The summed E-state index contributed by atoms with van der Waals surface area (Å²) < 4.78 is 4.95. The minimum Gasteiger partial charge on any atom is -0.385 e. The Balaban J connectivity index is 2.23. The highest BCUT2D eigenvalue weighted by Gasteiger charge is 2.06. The van der Waals surface area contributed by atoms with Gasteiger partial charge in [0, 0.05) is 38.9 Å². The van der Waals surface area contributed by atoms with E-state index in [2.05, 4.69) is 5.32 Å². The lowest BCUT2D eigenvalue weighted by Crippen LogP contribution is -2.38. The topological polar surface area (TPSA) is 41.6 Å². The van der Waals surface area contributed by atoms with Crippen molar-refractivity contribution in [3.05, 3.63) is 34.9 Å². The first-order valence-corrected chi connectivity index (χ1v) is 6.73. The van der Waals surface area contributed by atoms with Crippen molar-refractivity contribution in [3.8, 4) is 0 Å². The van der Waals surface area contributed by atoms with E-state index in [1.807, 2.05) is 24.3 Å². The number of carbonyl (C=O) groups excluding carboxylic acids is 1. The number of hydrogen-bond donors (Lipinski definition) is 1. The van der Waals surface area contributed by atoms with E-state index < -0.39 is 0 Å². The molecule has 0 saturated carbocycles. The van der Waals surface area contributed by atoms with Gasteiger partial charge in [0.15, 0.2) is 0 Å². The van der Waals surface area contributed by atoms with Crippen molar-refractivity contribution in [1.82, 2.24) is 10.2 Å².